The van der Waals surface area contributed by atoms with Gasteiger partial charge in [0.2, 0.25) is 0 Å². The number of halogens is 9. The molecule has 25 heavy (non-hydrogen) atoms. The van der Waals surface area contributed by atoms with Crippen LogP contribution in [0.2, 0.25) is 0 Å². The number of hydrogen-bond acceptors (Lipinski definition) is 3. The minimum absolute atomic E-state index is 0.0482. The Morgan fingerprint density at radius 2 is 1.60 bits per heavy atom. The zero-order valence-corrected chi connectivity index (χ0v) is 15.2. The summed E-state index contributed by atoms with van der Waals surface area (Å²) in [5.74, 6) is -2.19. The Labute approximate surface area is 151 Å². The second kappa shape index (κ2) is 6.23. The zero-order chi connectivity index (χ0) is 19.4. The summed E-state index contributed by atoms with van der Waals surface area (Å²) in [7, 11) is -5.84. The van der Waals surface area contributed by atoms with Gasteiger partial charge in [0, 0.05) is 4.47 Å². The molecule has 1 heterocycles. The number of imidazole rings is 1. The number of aromatic nitrogens is 2. The molecule has 14 heteroatoms. The van der Waals surface area contributed by atoms with E-state index in [0.29, 0.717) is 6.07 Å². The summed E-state index contributed by atoms with van der Waals surface area (Å²) in [6.45, 7) is 0. The van der Waals surface area contributed by atoms with Gasteiger partial charge in [-0.25, -0.2) is 17.8 Å². The van der Waals surface area contributed by atoms with Gasteiger partial charge in [0.15, 0.2) is 5.69 Å². The van der Waals surface area contributed by atoms with Crippen LogP contribution in [0.5, 0.6) is 0 Å². The van der Waals surface area contributed by atoms with E-state index >= 15 is 0 Å². The highest BCUT2D eigenvalue weighted by Crippen LogP contribution is 2.39. The number of nitrogens with zero attached hydrogens (tertiary/aromatic N) is 1. The molecule has 0 saturated carbocycles. The molecular weight excluding hydrogens is 517 g/mol. The van der Waals surface area contributed by atoms with Crippen molar-refractivity contribution in [1.82, 2.24) is 9.97 Å². The fourth-order valence-electron chi connectivity index (χ4n) is 1.72. The van der Waals surface area contributed by atoms with Gasteiger partial charge in [-0.05, 0) is 44.0 Å². The molecule has 0 aliphatic carbocycles. The number of benzene rings is 1. The monoisotopic (exact) mass is 518 g/mol. The maximum absolute atomic E-state index is 14.1. The molecule has 1 N–H and O–H groups in total. The number of H-pyrrole nitrogens is 1. The predicted molar refractivity (Wildman–Crippen MR) is 77.6 cm³/mol. The van der Waals surface area contributed by atoms with Crippen LogP contribution in [0.15, 0.2) is 26.1 Å². The van der Waals surface area contributed by atoms with E-state index in [1.165, 1.54) is 0 Å². The lowest BCUT2D eigenvalue weighted by molar-refractivity contribution is -0.141. The molecule has 2 aromatic rings. The Morgan fingerprint density at radius 3 is 2.00 bits per heavy atom. The van der Waals surface area contributed by atoms with Crippen LogP contribution in [0.1, 0.15) is 5.69 Å². The largest absolute Gasteiger partial charge is 0.501 e. The predicted octanol–water partition coefficient (Wildman–Crippen LogP) is 5.05. The molecule has 0 spiro atoms. The number of sulfone groups is 1. The molecule has 2 rings (SSSR count). The van der Waals surface area contributed by atoms with Gasteiger partial charge >= 0.3 is 11.7 Å². The summed E-state index contributed by atoms with van der Waals surface area (Å²) in [6, 6.07) is 0.470. The van der Waals surface area contributed by atoms with Crippen molar-refractivity contribution in [3.05, 3.63) is 32.7 Å². The van der Waals surface area contributed by atoms with Crippen molar-refractivity contribution < 1.29 is 39.2 Å². The van der Waals surface area contributed by atoms with E-state index in [4.69, 9.17) is 0 Å². The smallest absolute Gasteiger partial charge is 0.333 e. The average molecular weight is 520 g/mol. The highest BCUT2D eigenvalue weighted by molar-refractivity contribution is 9.10. The summed E-state index contributed by atoms with van der Waals surface area (Å²) in [4.78, 5) is 3.78. The van der Waals surface area contributed by atoms with Crippen LogP contribution < -0.4 is 0 Å². The fraction of sp³-hybridized carbons (Fsp3) is 0.182. The van der Waals surface area contributed by atoms with Crippen LogP contribution >= 0.6 is 31.9 Å². The highest BCUT2D eigenvalue weighted by atomic mass is 79.9. The topological polar surface area (TPSA) is 62.8 Å². The van der Waals surface area contributed by atoms with E-state index in [0.717, 1.165) is 0 Å². The van der Waals surface area contributed by atoms with Crippen molar-refractivity contribution in [3.63, 3.8) is 0 Å². The van der Waals surface area contributed by atoms with Gasteiger partial charge in [-0.15, -0.1) is 0 Å². The van der Waals surface area contributed by atoms with Crippen LogP contribution in [0, 0.1) is 5.82 Å². The Hall–Kier alpha value is -1.15. The molecule has 0 fully saturated rings. The molecule has 0 atom stereocenters. The van der Waals surface area contributed by atoms with E-state index in [2.05, 4.69) is 36.8 Å². The standard InChI is InChI=1S/C11H3Br2F7N2O2S/c12-4-1-3(25(23,24)11(18,19)20)2-5(14)6(4)9-21-7(8(13)22-9)10(15,16)17/h1-2H,(H,21,22). The summed E-state index contributed by atoms with van der Waals surface area (Å²) in [5, 5.41) is 0. The third kappa shape index (κ3) is 3.69. The lowest BCUT2D eigenvalue weighted by Gasteiger charge is -2.11. The molecule has 1 aromatic carbocycles. The number of hydrogen-bond donors (Lipinski definition) is 1. The molecule has 0 saturated heterocycles. The van der Waals surface area contributed by atoms with Crippen molar-refractivity contribution in [3.8, 4) is 11.4 Å². The van der Waals surface area contributed by atoms with Crippen LogP contribution in [-0.2, 0) is 16.0 Å². The van der Waals surface area contributed by atoms with E-state index < -0.39 is 58.4 Å². The van der Waals surface area contributed by atoms with Crippen molar-refractivity contribution in [2.24, 2.45) is 0 Å². The first-order valence-corrected chi connectivity index (χ1v) is 8.86. The molecular formula is C11H3Br2F7N2O2S. The summed E-state index contributed by atoms with van der Waals surface area (Å²) < 4.78 is 111. The molecule has 0 aliphatic rings. The minimum Gasteiger partial charge on any atom is -0.333 e. The quantitative estimate of drug-likeness (QED) is 0.565. The van der Waals surface area contributed by atoms with Crippen molar-refractivity contribution in [2.75, 3.05) is 0 Å². The first kappa shape index (κ1) is 20.2. The molecule has 4 nitrogen and oxygen atoms in total. The number of aromatic amines is 1. The molecule has 0 unspecified atom stereocenters. The number of nitrogens with one attached hydrogen (secondary N) is 1. The van der Waals surface area contributed by atoms with Crippen LogP contribution in [0.25, 0.3) is 11.4 Å². The summed E-state index contributed by atoms with van der Waals surface area (Å²) in [5.41, 5.74) is -7.68. The van der Waals surface area contributed by atoms with Gasteiger partial charge in [-0.1, -0.05) is 0 Å². The summed E-state index contributed by atoms with van der Waals surface area (Å²) >= 11 is 5.18. The maximum atomic E-state index is 14.1. The zero-order valence-electron chi connectivity index (χ0n) is 11.2. The van der Waals surface area contributed by atoms with Gasteiger partial charge in [-0.3, -0.25) is 0 Å². The lowest BCUT2D eigenvalue weighted by atomic mass is 10.2. The molecule has 0 radical (unpaired) electrons. The van der Waals surface area contributed by atoms with E-state index in [1.807, 2.05) is 0 Å². The van der Waals surface area contributed by atoms with Crippen LogP contribution in [0.3, 0.4) is 0 Å². The van der Waals surface area contributed by atoms with Gasteiger partial charge in [-0.2, -0.15) is 26.3 Å². The third-order valence-electron chi connectivity index (χ3n) is 2.81. The molecule has 0 amide bonds. The van der Waals surface area contributed by atoms with Gasteiger partial charge in [0.05, 0.1) is 10.5 Å². The molecule has 138 valence electrons. The summed E-state index contributed by atoms with van der Waals surface area (Å²) in [6.07, 6.45) is -4.85. The lowest BCUT2D eigenvalue weighted by Crippen LogP contribution is -2.23. The van der Waals surface area contributed by atoms with E-state index in [9.17, 15) is 39.2 Å². The first-order valence-electron chi connectivity index (χ1n) is 5.79. The highest BCUT2D eigenvalue weighted by Gasteiger charge is 2.47. The van der Waals surface area contributed by atoms with Gasteiger partial charge < -0.3 is 4.98 Å². The Bertz CT molecular complexity index is 912. The second-order valence-corrected chi connectivity index (χ2v) is 8.01. The Morgan fingerprint density at radius 1 is 1.04 bits per heavy atom. The third-order valence-corrected chi connectivity index (χ3v) is 5.48. The molecule has 0 aliphatic heterocycles. The average Bonchev–Trinajstić information content (AvgIpc) is 2.78. The Balaban J connectivity index is 2.64. The normalized spacial score (nSPS) is 13.3. The van der Waals surface area contributed by atoms with Crippen molar-refractivity contribution >= 4 is 41.7 Å². The maximum Gasteiger partial charge on any atom is 0.501 e. The molecule has 1 aromatic heterocycles. The van der Waals surface area contributed by atoms with Crippen molar-refractivity contribution in [2.45, 2.75) is 16.6 Å². The van der Waals surface area contributed by atoms with E-state index in [1.54, 1.807) is 4.98 Å². The second-order valence-electron chi connectivity index (χ2n) is 4.46. The number of alkyl halides is 6. The SMILES string of the molecule is O=S(=O)(c1cc(F)c(-c2nc(Br)c(C(F)(F)F)[nH]2)c(Br)c1)C(F)(F)F. The van der Waals surface area contributed by atoms with Gasteiger partial charge in [0.1, 0.15) is 16.2 Å². The Kier molecular flexibility index (Phi) is 5.02. The van der Waals surface area contributed by atoms with E-state index in [-0.39, 0.29) is 6.07 Å². The minimum atomic E-state index is -5.84. The van der Waals surface area contributed by atoms with Crippen LogP contribution in [-0.4, -0.2) is 23.9 Å². The van der Waals surface area contributed by atoms with Crippen molar-refractivity contribution in [1.29, 1.82) is 0 Å². The first-order chi connectivity index (χ1) is 11.2. The van der Waals surface area contributed by atoms with Crippen LogP contribution in [0.4, 0.5) is 30.7 Å². The van der Waals surface area contributed by atoms with Gasteiger partial charge in [0.25, 0.3) is 9.84 Å². The molecule has 0 bridgehead atoms. The number of rotatable bonds is 2. The fourth-order valence-corrected chi connectivity index (χ4v) is 3.80.